The summed E-state index contributed by atoms with van der Waals surface area (Å²) in [6.45, 7) is 8.99. The van der Waals surface area contributed by atoms with Crippen molar-refractivity contribution >= 4 is 0 Å². The SMILES string of the molecule is CC(C)Oc1cccc(CN2CCC(C(C)O)C2)c1. The van der Waals surface area contributed by atoms with Crippen LogP contribution in [0.1, 0.15) is 32.8 Å². The highest BCUT2D eigenvalue weighted by Crippen LogP contribution is 2.23. The van der Waals surface area contributed by atoms with Crippen LogP contribution in [0.3, 0.4) is 0 Å². The molecular formula is C16H25NO2. The zero-order valence-electron chi connectivity index (χ0n) is 12.2. The number of hydrogen-bond acceptors (Lipinski definition) is 3. The van der Waals surface area contributed by atoms with Crippen LogP contribution in [0.5, 0.6) is 5.75 Å². The zero-order valence-corrected chi connectivity index (χ0v) is 12.2. The van der Waals surface area contributed by atoms with Crippen LogP contribution in [0, 0.1) is 5.92 Å². The Balaban J connectivity index is 1.93. The maximum absolute atomic E-state index is 9.63. The lowest BCUT2D eigenvalue weighted by Crippen LogP contribution is -2.24. The molecule has 2 unspecified atom stereocenters. The molecule has 106 valence electrons. The summed E-state index contributed by atoms with van der Waals surface area (Å²) in [5, 5.41) is 9.63. The fourth-order valence-electron chi connectivity index (χ4n) is 2.65. The largest absolute Gasteiger partial charge is 0.491 e. The molecule has 0 aromatic heterocycles. The number of hydrogen-bond donors (Lipinski definition) is 1. The molecule has 0 amide bonds. The predicted octanol–water partition coefficient (Wildman–Crippen LogP) is 2.68. The van der Waals surface area contributed by atoms with Crippen molar-refractivity contribution in [1.82, 2.24) is 4.90 Å². The van der Waals surface area contributed by atoms with Crippen molar-refractivity contribution < 1.29 is 9.84 Å². The molecule has 0 radical (unpaired) electrons. The van der Waals surface area contributed by atoms with Crippen molar-refractivity contribution in [2.24, 2.45) is 5.92 Å². The van der Waals surface area contributed by atoms with Gasteiger partial charge in [-0.05, 0) is 57.4 Å². The van der Waals surface area contributed by atoms with Crippen molar-refractivity contribution in [2.75, 3.05) is 13.1 Å². The first-order valence-corrected chi connectivity index (χ1v) is 7.20. The highest BCUT2D eigenvalue weighted by molar-refractivity contribution is 5.28. The number of likely N-dealkylation sites (tertiary alicyclic amines) is 1. The molecule has 1 saturated heterocycles. The summed E-state index contributed by atoms with van der Waals surface area (Å²) in [6.07, 6.45) is 1.11. The van der Waals surface area contributed by atoms with E-state index in [1.807, 2.05) is 26.8 Å². The second-order valence-corrected chi connectivity index (χ2v) is 5.84. The van der Waals surface area contributed by atoms with E-state index < -0.39 is 0 Å². The molecule has 1 aliphatic rings. The lowest BCUT2D eigenvalue weighted by Gasteiger charge is -2.18. The summed E-state index contributed by atoms with van der Waals surface area (Å²) in [6, 6.07) is 8.32. The van der Waals surface area contributed by atoms with Gasteiger partial charge < -0.3 is 9.84 Å². The fraction of sp³-hybridized carbons (Fsp3) is 0.625. The van der Waals surface area contributed by atoms with Crippen molar-refractivity contribution in [3.63, 3.8) is 0 Å². The third kappa shape index (κ3) is 4.22. The lowest BCUT2D eigenvalue weighted by atomic mass is 10.0. The van der Waals surface area contributed by atoms with Gasteiger partial charge in [0.25, 0.3) is 0 Å². The molecule has 3 heteroatoms. The van der Waals surface area contributed by atoms with Gasteiger partial charge in [0.2, 0.25) is 0 Å². The van der Waals surface area contributed by atoms with E-state index in [4.69, 9.17) is 4.74 Å². The van der Waals surface area contributed by atoms with Gasteiger partial charge in [-0.3, -0.25) is 4.90 Å². The van der Waals surface area contributed by atoms with Crippen LogP contribution in [0.2, 0.25) is 0 Å². The Bertz CT molecular complexity index is 403. The molecule has 0 saturated carbocycles. The highest BCUT2D eigenvalue weighted by atomic mass is 16.5. The van der Waals surface area contributed by atoms with E-state index in [0.717, 1.165) is 31.8 Å². The van der Waals surface area contributed by atoms with Crippen LogP contribution >= 0.6 is 0 Å². The van der Waals surface area contributed by atoms with Crippen LogP contribution in [-0.4, -0.2) is 35.3 Å². The summed E-state index contributed by atoms with van der Waals surface area (Å²) < 4.78 is 5.72. The van der Waals surface area contributed by atoms with E-state index in [0.29, 0.717) is 5.92 Å². The van der Waals surface area contributed by atoms with Gasteiger partial charge in [-0.15, -0.1) is 0 Å². The van der Waals surface area contributed by atoms with E-state index >= 15 is 0 Å². The third-order valence-electron chi connectivity index (χ3n) is 3.67. The summed E-state index contributed by atoms with van der Waals surface area (Å²) >= 11 is 0. The Labute approximate surface area is 116 Å². The minimum absolute atomic E-state index is 0.194. The summed E-state index contributed by atoms with van der Waals surface area (Å²) in [7, 11) is 0. The van der Waals surface area contributed by atoms with E-state index in [2.05, 4.69) is 23.1 Å². The number of nitrogens with zero attached hydrogens (tertiary/aromatic N) is 1. The lowest BCUT2D eigenvalue weighted by molar-refractivity contribution is 0.127. The first kappa shape index (κ1) is 14.4. The van der Waals surface area contributed by atoms with Gasteiger partial charge >= 0.3 is 0 Å². The molecular weight excluding hydrogens is 238 g/mol. The predicted molar refractivity (Wildman–Crippen MR) is 77.3 cm³/mol. The first-order chi connectivity index (χ1) is 9.04. The molecule has 2 atom stereocenters. The minimum atomic E-state index is -0.194. The summed E-state index contributed by atoms with van der Waals surface area (Å²) in [5.74, 6) is 1.37. The molecule has 19 heavy (non-hydrogen) atoms. The van der Waals surface area contributed by atoms with E-state index in [-0.39, 0.29) is 12.2 Å². The minimum Gasteiger partial charge on any atom is -0.491 e. The molecule has 2 rings (SSSR count). The van der Waals surface area contributed by atoms with E-state index in [1.165, 1.54) is 5.56 Å². The standard InChI is InChI=1S/C16H25NO2/c1-12(2)19-16-6-4-5-14(9-16)10-17-8-7-15(11-17)13(3)18/h4-6,9,12-13,15,18H,7-8,10-11H2,1-3H3. The number of benzene rings is 1. The van der Waals surface area contributed by atoms with Crippen molar-refractivity contribution in [3.05, 3.63) is 29.8 Å². The Morgan fingerprint density at radius 3 is 2.79 bits per heavy atom. The van der Waals surface area contributed by atoms with E-state index in [9.17, 15) is 5.11 Å². The highest BCUT2D eigenvalue weighted by Gasteiger charge is 2.25. The molecule has 0 spiro atoms. The Morgan fingerprint density at radius 1 is 1.37 bits per heavy atom. The molecule has 1 heterocycles. The van der Waals surface area contributed by atoms with Crippen LogP contribution in [0.15, 0.2) is 24.3 Å². The van der Waals surface area contributed by atoms with Gasteiger partial charge in [0, 0.05) is 13.1 Å². The number of aliphatic hydroxyl groups is 1. The van der Waals surface area contributed by atoms with Gasteiger partial charge in [-0.2, -0.15) is 0 Å². The topological polar surface area (TPSA) is 32.7 Å². The van der Waals surface area contributed by atoms with Gasteiger partial charge in [-0.25, -0.2) is 0 Å². The fourth-order valence-corrected chi connectivity index (χ4v) is 2.65. The number of rotatable bonds is 5. The molecule has 1 aliphatic heterocycles. The Kier molecular flexibility index (Phi) is 4.83. The smallest absolute Gasteiger partial charge is 0.120 e. The molecule has 0 bridgehead atoms. The Morgan fingerprint density at radius 2 is 2.16 bits per heavy atom. The van der Waals surface area contributed by atoms with Crippen LogP contribution in [0.4, 0.5) is 0 Å². The third-order valence-corrected chi connectivity index (χ3v) is 3.67. The zero-order chi connectivity index (χ0) is 13.8. The molecule has 1 aromatic rings. The van der Waals surface area contributed by atoms with Crippen LogP contribution in [-0.2, 0) is 6.54 Å². The quantitative estimate of drug-likeness (QED) is 0.886. The summed E-state index contributed by atoms with van der Waals surface area (Å²) in [4.78, 5) is 2.41. The average Bonchev–Trinajstić information content (AvgIpc) is 2.77. The normalized spacial score (nSPS) is 21.8. The van der Waals surface area contributed by atoms with Gasteiger partial charge in [-0.1, -0.05) is 12.1 Å². The molecule has 3 nitrogen and oxygen atoms in total. The number of ether oxygens (including phenoxy) is 1. The van der Waals surface area contributed by atoms with Crippen LogP contribution < -0.4 is 4.74 Å². The number of aliphatic hydroxyl groups excluding tert-OH is 1. The van der Waals surface area contributed by atoms with Gasteiger partial charge in [0.05, 0.1) is 12.2 Å². The first-order valence-electron chi connectivity index (χ1n) is 7.20. The van der Waals surface area contributed by atoms with Gasteiger partial charge in [0.15, 0.2) is 0 Å². The molecule has 1 N–H and O–H groups in total. The Hall–Kier alpha value is -1.06. The van der Waals surface area contributed by atoms with Crippen LogP contribution in [0.25, 0.3) is 0 Å². The molecule has 1 fully saturated rings. The van der Waals surface area contributed by atoms with Gasteiger partial charge in [0.1, 0.15) is 5.75 Å². The average molecular weight is 263 g/mol. The molecule has 1 aromatic carbocycles. The van der Waals surface area contributed by atoms with Crippen molar-refractivity contribution in [2.45, 2.75) is 45.9 Å². The summed E-state index contributed by atoms with van der Waals surface area (Å²) in [5.41, 5.74) is 1.28. The maximum atomic E-state index is 9.63. The molecule has 0 aliphatic carbocycles. The van der Waals surface area contributed by atoms with Crippen molar-refractivity contribution in [3.8, 4) is 5.75 Å². The van der Waals surface area contributed by atoms with E-state index in [1.54, 1.807) is 0 Å². The second kappa shape index (κ2) is 6.40. The second-order valence-electron chi connectivity index (χ2n) is 5.84. The maximum Gasteiger partial charge on any atom is 0.120 e. The monoisotopic (exact) mass is 263 g/mol. The van der Waals surface area contributed by atoms with Crippen molar-refractivity contribution in [1.29, 1.82) is 0 Å².